The molecular weight excluding hydrogens is 404 g/mol. The normalized spacial score (nSPS) is 13.8. The molecule has 0 saturated carbocycles. The van der Waals surface area contributed by atoms with E-state index in [1.165, 1.54) is 11.1 Å². The van der Waals surface area contributed by atoms with Crippen molar-refractivity contribution in [3.63, 3.8) is 0 Å². The van der Waals surface area contributed by atoms with E-state index in [1.54, 1.807) is 23.5 Å². The zero-order chi connectivity index (χ0) is 22.7. The summed E-state index contributed by atoms with van der Waals surface area (Å²) < 4.78 is 0. The fraction of sp³-hybridized carbons (Fsp3) is 0.370. The van der Waals surface area contributed by atoms with E-state index in [-0.39, 0.29) is 11.8 Å². The Hall–Kier alpha value is -2.61. The van der Waals surface area contributed by atoms with Gasteiger partial charge in [0.05, 0.1) is 12.0 Å². The summed E-state index contributed by atoms with van der Waals surface area (Å²) in [5, 5.41) is 24.0. The van der Waals surface area contributed by atoms with Gasteiger partial charge in [-0.25, -0.2) is 0 Å². The van der Waals surface area contributed by atoms with Crippen molar-refractivity contribution in [2.24, 2.45) is 11.3 Å². The lowest BCUT2D eigenvalue weighted by Gasteiger charge is -2.17. The van der Waals surface area contributed by atoms with E-state index in [9.17, 15) is 15.0 Å². The average molecular weight is 437 g/mol. The molecule has 2 atom stereocenters. The summed E-state index contributed by atoms with van der Waals surface area (Å²) in [4.78, 5) is 11.5. The number of hydrogen-bond acceptors (Lipinski definition) is 3. The van der Waals surface area contributed by atoms with Crippen molar-refractivity contribution < 1.29 is 15.0 Å². The zero-order valence-electron chi connectivity index (χ0n) is 18.5. The van der Waals surface area contributed by atoms with Gasteiger partial charge >= 0.3 is 5.97 Å². The average Bonchev–Trinajstić information content (AvgIpc) is 3.24. The SMILES string of the molecule is CC(C)(C)C#CC=CCC(C(=O)O)C(O)CCCC=Cc1cccc(-c2ccsc2)c1. The third-order valence-electron chi connectivity index (χ3n) is 4.74. The Balaban J connectivity index is 1.80. The Morgan fingerprint density at radius 2 is 2.00 bits per heavy atom. The molecule has 0 spiro atoms. The summed E-state index contributed by atoms with van der Waals surface area (Å²) >= 11 is 1.69. The molecule has 1 aromatic heterocycles. The van der Waals surface area contributed by atoms with Crippen LogP contribution in [0.1, 0.15) is 52.0 Å². The van der Waals surface area contributed by atoms with Gasteiger partial charge in [0.25, 0.3) is 0 Å². The molecular formula is C27H32O3S. The van der Waals surface area contributed by atoms with Crippen LogP contribution < -0.4 is 0 Å². The molecule has 4 heteroatoms. The Kier molecular flexibility index (Phi) is 9.78. The van der Waals surface area contributed by atoms with Gasteiger partial charge in [-0.1, -0.05) is 48.3 Å². The summed E-state index contributed by atoms with van der Waals surface area (Å²) in [6, 6.07) is 10.5. The second kappa shape index (κ2) is 12.3. The molecule has 0 saturated heterocycles. The number of aliphatic carboxylic acids is 1. The van der Waals surface area contributed by atoms with Gasteiger partial charge in [-0.15, -0.1) is 0 Å². The number of aliphatic hydroxyl groups is 1. The summed E-state index contributed by atoms with van der Waals surface area (Å²) in [7, 11) is 0. The van der Waals surface area contributed by atoms with Gasteiger partial charge in [0.2, 0.25) is 0 Å². The van der Waals surface area contributed by atoms with Gasteiger partial charge in [-0.05, 0) is 92.1 Å². The van der Waals surface area contributed by atoms with Crippen LogP contribution in [0.2, 0.25) is 0 Å². The Labute approximate surface area is 190 Å². The van der Waals surface area contributed by atoms with Crippen LogP contribution in [0.25, 0.3) is 17.2 Å². The number of carbonyl (C=O) groups is 1. The highest BCUT2D eigenvalue weighted by atomic mass is 32.1. The second-order valence-corrected chi connectivity index (χ2v) is 9.42. The summed E-state index contributed by atoms with van der Waals surface area (Å²) in [6.07, 6.45) is 8.97. The van der Waals surface area contributed by atoms with Crippen molar-refractivity contribution in [1.29, 1.82) is 0 Å². The van der Waals surface area contributed by atoms with Crippen LogP contribution in [0.4, 0.5) is 0 Å². The lowest BCUT2D eigenvalue weighted by atomic mass is 9.94. The number of carboxylic acid groups (broad SMARTS) is 1. The van der Waals surface area contributed by atoms with Crippen molar-refractivity contribution in [2.75, 3.05) is 0 Å². The van der Waals surface area contributed by atoms with Gasteiger partial charge < -0.3 is 10.2 Å². The number of thiophene rings is 1. The van der Waals surface area contributed by atoms with Crippen molar-refractivity contribution in [3.8, 4) is 23.0 Å². The van der Waals surface area contributed by atoms with Gasteiger partial charge in [0.15, 0.2) is 0 Å². The predicted molar refractivity (Wildman–Crippen MR) is 131 cm³/mol. The molecule has 0 bridgehead atoms. The quantitative estimate of drug-likeness (QED) is 0.323. The van der Waals surface area contributed by atoms with Crippen LogP contribution in [0, 0.1) is 23.2 Å². The Bertz CT molecular complexity index is 937. The van der Waals surface area contributed by atoms with Gasteiger partial charge in [0, 0.05) is 5.41 Å². The highest BCUT2D eigenvalue weighted by Gasteiger charge is 2.24. The smallest absolute Gasteiger partial charge is 0.309 e. The van der Waals surface area contributed by atoms with Crippen LogP contribution in [0.15, 0.2) is 59.3 Å². The number of hydrogen-bond donors (Lipinski definition) is 2. The molecule has 31 heavy (non-hydrogen) atoms. The molecule has 0 aliphatic rings. The molecule has 2 aromatic rings. The fourth-order valence-corrected chi connectivity index (χ4v) is 3.74. The molecule has 2 unspecified atom stereocenters. The van der Waals surface area contributed by atoms with Crippen LogP contribution in [0.3, 0.4) is 0 Å². The highest BCUT2D eigenvalue weighted by molar-refractivity contribution is 7.08. The fourth-order valence-electron chi connectivity index (χ4n) is 3.07. The minimum absolute atomic E-state index is 0.0885. The molecule has 3 nitrogen and oxygen atoms in total. The molecule has 1 aromatic carbocycles. The highest BCUT2D eigenvalue weighted by Crippen LogP contribution is 2.23. The summed E-state index contributed by atoms with van der Waals surface area (Å²) in [5.41, 5.74) is 3.47. The number of aliphatic hydroxyl groups excluding tert-OH is 1. The first-order valence-electron chi connectivity index (χ1n) is 10.6. The van der Waals surface area contributed by atoms with E-state index in [4.69, 9.17) is 0 Å². The maximum atomic E-state index is 11.5. The van der Waals surface area contributed by atoms with E-state index < -0.39 is 18.0 Å². The molecule has 0 amide bonds. The molecule has 164 valence electrons. The summed E-state index contributed by atoms with van der Waals surface area (Å²) in [5.74, 6) is 4.23. The first-order chi connectivity index (χ1) is 14.8. The molecule has 2 N–H and O–H groups in total. The monoisotopic (exact) mass is 436 g/mol. The van der Waals surface area contributed by atoms with Gasteiger partial charge in [0.1, 0.15) is 0 Å². The van der Waals surface area contributed by atoms with E-state index in [0.717, 1.165) is 18.4 Å². The molecule has 0 fully saturated rings. The van der Waals surface area contributed by atoms with E-state index in [0.29, 0.717) is 6.42 Å². The zero-order valence-corrected chi connectivity index (χ0v) is 19.4. The topological polar surface area (TPSA) is 57.5 Å². The standard InChI is InChI=1S/C27H32O3S/c1-27(2,3)17-9-5-7-14-24(26(29)30)25(28)15-8-4-6-11-21-12-10-13-22(19-21)23-16-18-31-20-23/h5-7,10-13,16,18-20,24-25,28H,4,8,14-15H2,1-3H3,(H,29,30). The van der Waals surface area contributed by atoms with Crippen LogP contribution in [0.5, 0.6) is 0 Å². The number of unbranched alkanes of at least 4 members (excludes halogenated alkanes) is 1. The minimum atomic E-state index is -0.971. The van der Waals surface area contributed by atoms with Crippen LogP contribution in [-0.4, -0.2) is 22.3 Å². The predicted octanol–water partition coefficient (Wildman–Crippen LogP) is 6.66. The van der Waals surface area contributed by atoms with Gasteiger partial charge in [-0.2, -0.15) is 11.3 Å². The van der Waals surface area contributed by atoms with Gasteiger partial charge in [-0.3, -0.25) is 4.79 Å². The maximum absolute atomic E-state index is 11.5. The third-order valence-corrected chi connectivity index (χ3v) is 5.43. The van der Waals surface area contributed by atoms with E-state index >= 15 is 0 Å². The first-order valence-corrected chi connectivity index (χ1v) is 11.6. The third kappa shape index (κ3) is 9.38. The molecule has 0 aliphatic heterocycles. The lowest BCUT2D eigenvalue weighted by molar-refractivity contribution is -0.145. The van der Waals surface area contributed by atoms with Crippen molar-refractivity contribution in [1.82, 2.24) is 0 Å². The molecule has 1 heterocycles. The van der Waals surface area contributed by atoms with Crippen molar-refractivity contribution >= 4 is 23.4 Å². The van der Waals surface area contributed by atoms with Crippen molar-refractivity contribution in [2.45, 2.75) is 52.6 Å². The maximum Gasteiger partial charge on any atom is 0.309 e. The lowest BCUT2D eigenvalue weighted by Crippen LogP contribution is -2.27. The van der Waals surface area contributed by atoms with Crippen LogP contribution in [-0.2, 0) is 4.79 Å². The molecule has 0 radical (unpaired) electrons. The number of carboxylic acids is 1. The molecule has 2 rings (SSSR count). The number of benzene rings is 1. The Morgan fingerprint density at radius 3 is 2.68 bits per heavy atom. The van der Waals surface area contributed by atoms with E-state index in [1.807, 2.05) is 26.8 Å². The minimum Gasteiger partial charge on any atom is -0.481 e. The van der Waals surface area contributed by atoms with Crippen molar-refractivity contribution in [3.05, 3.63) is 64.9 Å². The second-order valence-electron chi connectivity index (χ2n) is 8.64. The van der Waals surface area contributed by atoms with Crippen LogP contribution >= 0.6 is 11.3 Å². The van der Waals surface area contributed by atoms with E-state index in [2.05, 4.69) is 59.0 Å². The number of rotatable bonds is 10. The number of allylic oxidation sites excluding steroid dienone is 3. The summed E-state index contributed by atoms with van der Waals surface area (Å²) in [6.45, 7) is 6.06. The Morgan fingerprint density at radius 1 is 1.19 bits per heavy atom. The first kappa shape index (κ1) is 24.7. The molecule has 0 aliphatic carbocycles. The largest absolute Gasteiger partial charge is 0.481 e.